The minimum absolute atomic E-state index is 0.0545. The molecule has 20 heavy (non-hydrogen) atoms. The summed E-state index contributed by atoms with van der Waals surface area (Å²) < 4.78 is 12.5. The number of benzene rings is 1. The number of rotatable bonds is 6. The van der Waals surface area contributed by atoms with Gasteiger partial charge in [0.2, 0.25) is 5.88 Å². The summed E-state index contributed by atoms with van der Waals surface area (Å²) in [5, 5.41) is 14.9. The van der Waals surface area contributed by atoms with Gasteiger partial charge in [0, 0.05) is 24.9 Å². The monoisotopic (exact) mass is 277 g/mol. The Balaban J connectivity index is 1.86. The lowest BCUT2D eigenvalue weighted by Crippen LogP contribution is -2.10. The summed E-state index contributed by atoms with van der Waals surface area (Å²) in [7, 11) is 1.83. The Kier molecular flexibility index (Phi) is 4.19. The fourth-order valence-electron chi connectivity index (χ4n) is 1.63. The SMILES string of the molecule is Cc1cc(OCCOc2ccccc2[N+](=O)[O-])nn1C. The molecule has 1 heterocycles. The van der Waals surface area contributed by atoms with Crippen molar-refractivity contribution in [3.05, 3.63) is 46.1 Å². The summed E-state index contributed by atoms with van der Waals surface area (Å²) >= 11 is 0. The van der Waals surface area contributed by atoms with Gasteiger partial charge in [-0.25, -0.2) is 0 Å². The lowest BCUT2D eigenvalue weighted by atomic mass is 10.3. The first-order chi connectivity index (χ1) is 9.58. The Bertz CT molecular complexity index is 590. The van der Waals surface area contributed by atoms with Crippen LogP contribution in [0.4, 0.5) is 5.69 Å². The third-order valence-corrected chi connectivity index (χ3v) is 2.74. The largest absolute Gasteiger partial charge is 0.483 e. The van der Waals surface area contributed by atoms with Gasteiger partial charge >= 0.3 is 5.69 Å². The standard InChI is InChI=1S/C13H15N3O4/c1-10-9-13(14-15(10)2)20-8-7-19-12-6-4-3-5-11(12)16(17)18/h3-6,9H,7-8H2,1-2H3. The molecule has 1 aromatic carbocycles. The molecule has 1 aromatic heterocycles. The molecule has 0 bridgehead atoms. The zero-order chi connectivity index (χ0) is 14.5. The molecule has 0 saturated carbocycles. The molecular formula is C13H15N3O4. The van der Waals surface area contributed by atoms with E-state index in [0.29, 0.717) is 5.88 Å². The predicted octanol–water partition coefficient (Wildman–Crippen LogP) is 2.09. The van der Waals surface area contributed by atoms with Gasteiger partial charge in [-0.1, -0.05) is 12.1 Å². The van der Waals surface area contributed by atoms with E-state index in [9.17, 15) is 10.1 Å². The van der Waals surface area contributed by atoms with Crippen molar-refractivity contribution in [1.82, 2.24) is 9.78 Å². The van der Waals surface area contributed by atoms with Crippen LogP contribution in [0.25, 0.3) is 0 Å². The second-order valence-corrected chi connectivity index (χ2v) is 4.17. The summed E-state index contributed by atoms with van der Waals surface area (Å²) in [6, 6.07) is 8.05. The Hall–Kier alpha value is -2.57. The van der Waals surface area contributed by atoms with E-state index in [0.717, 1.165) is 5.69 Å². The summed E-state index contributed by atoms with van der Waals surface area (Å²) in [5.74, 6) is 0.745. The highest BCUT2D eigenvalue weighted by atomic mass is 16.6. The van der Waals surface area contributed by atoms with Crippen LogP contribution >= 0.6 is 0 Å². The lowest BCUT2D eigenvalue weighted by Gasteiger charge is -2.06. The summed E-state index contributed by atoms with van der Waals surface area (Å²) in [6.07, 6.45) is 0. The first kappa shape index (κ1) is 13.9. The fraction of sp³-hybridized carbons (Fsp3) is 0.308. The molecule has 0 aliphatic carbocycles. The highest BCUT2D eigenvalue weighted by molar-refractivity contribution is 5.45. The molecule has 7 heteroatoms. The van der Waals surface area contributed by atoms with Crippen molar-refractivity contribution in [2.24, 2.45) is 7.05 Å². The number of ether oxygens (including phenoxy) is 2. The topological polar surface area (TPSA) is 79.4 Å². The van der Waals surface area contributed by atoms with E-state index in [1.54, 1.807) is 22.9 Å². The van der Waals surface area contributed by atoms with Gasteiger partial charge < -0.3 is 9.47 Å². The second kappa shape index (κ2) is 6.05. The van der Waals surface area contributed by atoms with Crippen LogP contribution in [0.3, 0.4) is 0 Å². The average molecular weight is 277 g/mol. The van der Waals surface area contributed by atoms with Crippen molar-refractivity contribution in [3.63, 3.8) is 0 Å². The maximum absolute atomic E-state index is 10.8. The van der Waals surface area contributed by atoms with E-state index in [2.05, 4.69) is 5.10 Å². The number of nitro groups is 1. The Morgan fingerprint density at radius 1 is 1.30 bits per heavy atom. The number of aryl methyl sites for hydroxylation is 2. The average Bonchev–Trinajstić information content (AvgIpc) is 2.74. The number of nitro benzene ring substituents is 1. The predicted molar refractivity (Wildman–Crippen MR) is 72.0 cm³/mol. The molecule has 0 radical (unpaired) electrons. The molecular weight excluding hydrogens is 262 g/mol. The number of para-hydroxylation sites is 2. The molecule has 0 aliphatic heterocycles. The van der Waals surface area contributed by atoms with Gasteiger partial charge in [0.1, 0.15) is 13.2 Å². The van der Waals surface area contributed by atoms with Gasteiger partial charge in [-0.05, 0) is 13.0 Å². The van der Waals surface area contributed by atoms with Crippen molar-refractivity contribution in [2.45, 2.75) is 6.92 Å². The van der Waals surface area contributed by atoms with Gasteiger partial charge in [-0.15, -0.1) is 5.10 Å². The molecule has 0 N–H and O–H groups in total. The van der Waals surface area contributed by atoms with Gasteiger partial charge in [-0.3, -0.25) is 14.8 Å². The summed E-state index contributed by atoms with van der Waals surface area (Å²) in [4.78, 5) is 10.3. The quantitative estimate of drug-likeness (QED) is 0.459. The van der Waals surface area contributed by atoms with Gasteiger partial charge in [0.25, 0.3) is 0 Å². The van der Waals surface area contributed by atoms with Crippen LogP contribution < -0.4 is 9.47 Å². The second-order valence-electron chi connectivity index (χ2n) is 4.17. The third kappa shape index (κ3) is 3.25. The van der Waals surface area contributed by atoms with Gasteiger partial charge in [0.05, 0.1) is 4.92 Å². The fourth-order valence-corrected chi connectivity index (χ4v) is 1.63. The van der Waals surface area contributed by atoms with Crippen LogP contribution in [0.1, 0.15) is 5.69 Å². The molecule has 0 saturated heterocycles. The summed E-state index contributed by atoms with van der Waals surface area (Å²) in [5.41, 5.74) is 0.931. The van der Waals surface area contributed by atoms with Crippen molar-refractivity contribution >= 4 is 5.69 Å². The van der Waals surface area contributed by atoms with E-state index in [1.165, 1.54) is 6.07 Å². The highest BCUT2D eigenvalue weighted by Crippen LogP contribution is 2.25. The molecule has 0 spiro atoms. The van der Waals surface area contributed by atoms with Crippen molar-refractivity contribution in [1.29, 1.82) is 0 Å². The molecule has 0 unspecified atom stereocenters. The van der Waals surface area contributed by atoms with E-state index in [-0.39, 0.29) is 24.7 Å². The minimum atomic E-state index is -0.474. The Morgan fingerprint density at radius 2 is 2.00 bits per heavy atom. The first-order valence-corrected chi connectivity index (χ1v) is 6.07. The maximum Gasteiger partial charge on any atom is 0.310 e. The van der Waals surface area contributed by atoms with Gasteiger partial charge in [-0.2, -0.15) is 0 Å². The summed E-state index contributed by atoms with van der Waals surface area (Å²) in [6.45, 7) is 2.40. The molecule has 2 rings (SSSR count). The third-order valence-electron chi connectivity index (χ3n) is 2.74. The Labute approximate surface area is 115 Å². The Morgan fingerprint density at radius 3 is 2.65 bits per heavy atom. The normalized spacial score (nSPS) is 10.3. The number of nitrogens with zero attached hydrogens (tertiary/aromatic N) is 3. The van der Waals surface area contributed by atoms with Crippen LogP contribution in [0.2, 0.25) is 0 Å². The molecule has 0 aliphatic rings. The molecule has 0 amide bonds. The highest BCUT2D eigenvalue weighted by Gasteiger charge is 2.13. The minimum Gasteiger partial charge on any atom is -0.483 e. The van der Waals surface area contributed by atoms with Crippen LogP contribution in [-0.2, 0) is 7.05 Å². The maximum atomic E-state index is 10.8. The van der Waals surface area contributed by atoms with Crippen LogP contribution in [0.15, 0.2) is 30.3 Å². The number of aromatic nitrogens is 2. The van der Waals surface area contributed by atoms with E-state index in [4.69, 9.17) is 9.47 Å². The van der Waals surface area contributed by atoms with Crippen molar-refractivity contribution in [3.8, 4) is 11.6 Å². The van der Waals surface area contributed by atoms with Gasteiger partial charge in [0.15, 0.2) is 5.75 Å². The van der Waals surface area contributed by atoms with Crippen LogP contribution in [0, 0.1) is 17.0 Å². The smallest absolute Gasteiger partial charge is 0.310 e. The molecule has 7 nitrogen and oxygen atoms in total. The zero-order valence-electron chi connectivity index (χ0n) is 11.3. The molecule has 0 fully saturated rings. The van der Waals surface area contributed by atoms with Crippen LogP contribution in [0.5, 0.6) is 11.6 Å². The van der Waals surface area contributed by atoms with E-state index >= 15 is 0 Å². The lowest BCUT2D eigenvalue weighted by molar-refractivity contribution is -0.385. The molecule has 0 atom stereocenters. The molecule has 106 valence electrons. The number of hydrogen-bond acceptors (Lipinski definition) is 5. The van der Waals surface area contributed by atoms with Crippen molar-refractivity contribution in [2.75, 3.05) is 13.2 Å². The van der Waals surface area contributed by atoms with Crippen molar-refractivity contribution < 1.29 is 14.4 Å². The van der Waals surface area contributed by atoms with Crippen LogP contribution in [-0.4, -0.2) is 27.9 Å². The first-order valence-electron chi connectivity index (χ1n) is 6.07. The zero-order valence-corrected chi connectivity index (χ0v) is 11.3. The van der Waals surface area contributed by atoms with E-state index < -0.39 is 4.92 Å². The molecule has 2 aromatic rings. The number of hydrogen-bond donors (Lipinski definition) is 0. The van der Waals surface area contributed by atoms with E-state index in [1.807, 2.05) is 20.0 Å².